The maximum absolute atomic E-state index is 11.5. The quantitative estimate of drug-likeness (QED) is 0.455. The van der Waals surface area contributed by atoms with Crippen molar-refractivity contribution in [1.29, 1.82) is 0 Å². The Bertz CT molecular complexity index is 258. The highest BCUT2D eigenvalue weighted by atomic mass is 16.3. The zero-order valence-corrected chi connectivity index (χ0v) is 9.45. The lowest BCUT2D eigenvalue weighted by molar-refractivity contribution is -0.123. The number of amides is 2. The molecule has 1 rings (SSSR count). The van der Waals surface area contributed by atoms with Crippen molar-refractivity contribution in [1.82, 2.24) is 16.0 Å². The molecule has 0 aromatic rings. The molecule has 92 valence electrons. The van der Waals surface area contributed by atoms with Crippen molar-refractivity contribution >= 4 is 11.8 Å². The summed E-state index contributed by atoms with van der Waals surface area (Å²) in [6.07, 6.45) is 0.279. The summed E-state index contributed by atoms with van der Waals surface area (Å²) >= 11 is 0. The van der Waals surface area contributed by atoms with Gasteiger partial charge in [0, 0.05) is 26.1 Å². The van der Waals surface area contributed by atoms with E-state index in [1.54, 1.807) is 0 Å². The molecule has 2 amide bonds. The SMILES string of the molecule is CCNC(=O)CCNC(=O)C1CC(O)CN1. The molecule has 4 N–H and O–H groups in total. The second kappa shape index (κ2) is 6.44. The van der Waals surface area contributed by atoms with Gasteiger partial charge < -0.3 is 21.1 Å². The van der Waals surface area contributed by atoms with Crippen LogP contribution in [0.1, 0.15) is 19.8 Å². The average Bonchev–Trinajstić information content (AvgIpc) is 2.65. The number of β-amino-alcohol motifs (C(OH)–C–C–N with tert-alkyl or cyclic N) is 1. The van der Waals surface area contributed by atoms with Crippen LogP contribution in [-0.4, -0.2) is 48.7 Å². The first kappa shape index (κ1) is 12.9. The van der Waals surface area contributed by atoms with Gasteiger partial charge in [-0.1, -0.05) is 0 Å². The summed E-state index contributed by atoms with van der Waals surface area (Å²) in [7, 11) is 0. The van der Waals surface area contributed by atoms with Crippen molar-refractivity contribution in [3.63, 3.8) is 0 Å². The van der Waals surface area contributed by atoms with Crippen LogP contribution in [0.2, 0.25) is 0 Å². The zero-order chi connectivity index (χ0) is 12.0. The minimum Gasteiger partial charge on any atom is -0.392 e. The van der Waals surface area contributed by atoms with Crippen LogP contribution in [0.4, 0.5) is 0 Å². The fourth-order valence-corrected chi connectivity index (χ4v) is 1.62. The van der Waals surface area contributed by atoms with Crippen molar-refractivity contribution in [2.45, 2.75) is 31.9 Å². The third kappa shape index (κ3) is 4.16. The summed E-state index contributed by atoms with van der Waals surface area (Å²) in [5, 5.41) is 17.4. The normalized spacial score (nSPS) is 24.1. The lowest BCUT2D eigenvalue weighted by atomic mass is 10.2. The van der Waals surface area contributed by atoms with Crippen LogP contribution in [-0.2, 0) is 9.59 Å². The van der Waals surface area contributed by atoms with Gasteiger partial charge in [-0.2, -0.15) is 0 Å². The smallest absolute Gasteiger partial charge is 0.237 e. The van der Waals surface area contributed by atoms with E-state index in [1.807, 2.05) is 6.92 Å². The fraction of sp³-hybridized carbons (Fsp3) is 0.800. The number of carbonyl (C=O) groups is 2. The van der Waals surface area contributed by atoms with Crippen LogP contribution in [0.3, 0.4) is 0 Å². The van der Waals surface area contributed by atoms with Crippen LogP contribution >= 0.6 is 0 Å². The van der Waals surface area contributed by atoms with Crippen molar-refractivity contribution in [2.75, 3.05) is 19.6 Å². The van der Waals surface area contributed by atoms with Crippen LogP contribution in [0.15, 0.2) is 0 Å². The van der Waals surface area contributed by atoms with Gasteiger partial charge in [0.25, 0.3) is 0 Å². The van der Waals surface area contributed by atoms with Crippen molar-refractivity contribution in [3.8, 4) is 0 Å². The van der Waals surface area contributed by atoms with E-state index in [2.05, 4.69) is 16.0 Å². The second-order valence-corrected chi connectivity index (χ2v) is 3.84. The largest absolute Gasteiger partial charge is 0.392 e. The van der Waals surface area contributed by atoms with Crippen molar-refractivity contribution < 1.29 is 14.7 Å². The third-order valence-electron chi connectivity index (χ3n) is 2.45. The lowest BCUT2D eigenvalue weighted by Gasteiger charge is -2.10. The molecule has 1 aliphatic rings. The van der Waals surface area contributed by atoms with Gasteiger partial charge in [-0.15, -0.1) is 0 Å². The van der Waals surface area contributed by atoms with Gasteiger partial charge in [0.1, 0.15) is 0 Å². The Morgan fingerprint density at radius 1 is 1.44 bits per heavy atom. The Morgan fingerprint density at radius 3 is 2.75 bits per heavy atom. The summed E-state index contributed by atoms with van der Waals surface area (Å²) in [6, 6.07) is -0.329. The van der Waals surface area contributed by atoms with E-state index < -0.39 is 6.10 Å². The summed E-state index contributed by atoms with van der Waals surface area (Å²) in [4.78, 5) is 22.6. The van der Waals surface area contributed by atoms with Gasteiger partial charge >= 0.3 is 0 Å². The molecular weight excluding hydrogens is 210 g/mol. The van der Waals surface area contributed by atoms with E-state index in [9.17, 15) is 14.7 Å². The number of aliphatic hydroxyl groups excluding tert-OH is 1. The number of hydrogen-bond acceptors (Lipinski definition) is 4. The molecule has 0 aromatic heterocycles. The highest BCUT2D eigenvalue weighted by molar-refractivity contribution is 5.83. The first-order chi connectivity index (χ1) is 7.63. The average molecular weight is 229 g/mol. The Balaban J connectivity index is 2.13. The topological polar surface area (TPSA) is 90.5 Å². The third-order valence-corrected chi connectivity index (χ3v) is 2.45. The molecule has 2 unspecified atom stereocenters. The zero-order valence-electron chi connectivity index (χ0n) is 9.45. The molecule has 1 saturated heterocycles. The summed E-state index contributed by atoms with van der Waals surface area (Å²) < 4.78 is 0. The van der Waals surface area contributed by atoms with Crippen LogP contribution in [0.5, 0.6) is 0 Å². The number of carbonyl (C=O) groups excluding carboxylic acids is 2. The number of aliphatic hydroxyl groups is 1. The summed E-state index contributed by atoms with van der Waals surface area (Å²) in [6.45, 7) is 3.23. The van der Waals surface area contributed by atoms with Crippen molar-refractivity contribution in [2.24, 2.45) is 0 Å². The fourth-order valence-electron chi connectivity index (χ4n) is 1.62. The molecule has 0 bridgehead atoms. The molecular formula is C10H19N3O3. The molecule has 16 heavy (non-hydrogen) atoms. The van der Waals surface area contributed by atoms with E-state index in [-0.39, 0.29) is 24.3 Å². The molecule has 1 aliphatic heterocycles. The van der Waals surface area contributed by atoms with Crippen LogP contribution in [0, 0.1) is 0 Å². The van der Waals surface area contributed by atoms with Gasteiger partial charge in [-0.3, -0.25) is 9.59 Å². The van der Waals surface area contributed by atoms with E-state index in [4.69, 9.17) is 0 Å². The second-order valence-electron chi connectivity index (χ2n) is 3.84. The van der Waals surface area contributed by atoms with E-state index in [0.29, 0.717) is 26.1 Å². The first-order valence-corrected chi connectivity index (χ1v) is 5.59. The van der Waals surface area contributed by atoms with Crippen LogP contribution < -0.4 is 16.0 Å². The van der Waals surface area contributed by atoms with Gasteiger partial charge in [0.2, 0.25) is 11.8 Å². The van der Waals surface area contributed by atoms with Gasteiger partial charge in [0.15, 0.2) is 0 Å². The first-order valence-electron chi connectivity index (χ1n) is 5.59. The Morgan fingerprint density at radius 2 is 2.19 bits per heavy atom. The van der Waals surface area contributed by atoms with Gasteiger partial charge in [0.05, 0.1) is 12.1 Å². The minimum absolute atomic E-state index is 0.0674. The molecule has 1 fully saturated rings. The molecule has 6 nitrogen and oxygen atoms in total. The van der Waals surface area contributed by atoms with E-state index in [0.717, 1.165) is 0 Å². The molecule has 0 saturated carbocycles. The number of rotatable bonds is 5. The molecule has 0 aliphatic carbocycles. The summed E-state index contributed by atoms with van der Waals surface area (Å²) in [5.41, 5.74) is 0. The van der Waals surface area contributed by atoms with Crippen molar-refractivity contribution in [3.05, 3.63) is 0 Å². The Kier molecular flexibility index (Phi) is 5.21. The molecule has 0 radical (unpaired) electrons. The number of nitrogens with one attached hydrogen (secondary N) is 3. The molecule has 2 atom stereocenters. The summed E-state index contributed by atoms with van der Waals surface area (Å²) in [5.74, 6) is -0.219. The van der Waals surface area contributed by atoms with Gasteiger partial charge in [-0.05, 0) is 13.3 Å². The van der Waals surface area contributed by atoms with E-state index in [1.165, 1.54) is 0 Å². The Labute approximate surface area is 94.8 Å². The lowest BCUT2D eigenvalue weighted by Crippen LogP contribution is -2.41. The standard InChI is InChI=1S/C10H19N3O3/c1-2-11-9(15)3-4-12-10(16)8-5-7(14)6-13-8/h7-8,13-14H,2-6H2,1H3,(H,11,15)(H,12,16). The number of hydrogen-bond donors (Lipinski definition) is 4. The Hall–Kier alpha value is -1.14. The minimum atomic E-state index is -0.445. The molecule has 0 spiro atoms. The molecule has 1 heterocycles. The molecule has 6 heteroatoms. The predicted octanol–water partition coefficient (Wildman–Crippen LogP) is -1.65. The molecule has 0 aromatic carbocycles. The monoisotopic (exact) mass is 229 g/mol. The highest BCUT2D eigenvalue weighted by Gasteiger charge is 2.27. The van der Waals surface area contributed by atoms with Gasteiger partial charge in [-0.25, -0.2) is 0 Å². The highest BCUT2D eigenvalue weighted by Crippen LogP contribution is 2.05. The maximum Gasteiger partial charge on any atom is 0.237 e. The van der Waals surface area contributed by atoms with Crippen LogP contribution in [0.25, 0.3) is 0 Å². The predicted molar refractivity (Wildman–Crippen MR) is 58.7 cm³/mol. The van der Waals surface area contributed by atoms with E-state index >= 15 is 0 Å². The maximum atomic E-state index is 11.5.